The van der Waals surface area contributed by atoms with E-state index < -0.39 is 26.4 Å². The Kier molecular flexibility index (Phi) is 8.67. The van der Waals surface area contributed by atoms with Crippen molar-refractivity contribution in [2.75, 3.05) is 13.7 Å². The van der Waals surface area contributed by atoms with Crippen LogP contribution in [0.2, 0.25) is 5.04 Å². The Balaban J connectivity index is 2.04. The van der Waals surface area contributed by atoms with Gasteiger partial charge in [0.2, 0.25) is 0 Å². The first-order valence-corrected chi connectivity index (χ1v) is 14.1. The number of aldehydes is 1. The van der Waals surface area contributed by atoms with Gasteiger partial charge < -0.3 is 14.0 Å². The first kappa shape index (κ1) is 26.8. The van der Waals surface area contributed by atoms with Crippen molar-refractivity contribution in [3.63, 3.8) is 0 Å². The maximum absolute atomic E-state index is 12.9. The van der Waals surface area contributed by atoms with E-state index in [4.69, 9.17) is 9.16 Å². The third kappa shape index (κ3) is 5.57. The summed E-state index contributed by atoms with van der Waals surface area (Å²) in [5, 5.41) is 2.11. The van der Waals surface area contributed by atoms with Crippen LogP contribution in [0.3, 0.4) is 0 Å². The number of piperidine rings is 1. The van der Waals surface area contributed by atoms with E-state index in [-0.39, 0.29) is 23.3 Å². The van der Waals surface area contributed by atoms with Gasteiger partial charge in [0.05, 0.1) is 25.8 Å². The number of nitrogens with zero attached hydrogens (tertiary/aromatic N) is 1. The number of ether oxygens (including phenoxy) is 1. The van der Waals surface area contributed by atoms with Crippen LogP contribution in [0.5, 0.6) is 0 Å². The molecule has 2 aromatic carbocycles. The standard InChI is InChI=1S/C28H37NO5Si/c1-21(31)18-26-22(19-30)16-17-23(29(26)27(32)33-5)20-34-35(28(2,3)4,24-12-8-6-9-13-24)25-14-10-7-11-15-25/h6-15,19,22-23,26H,16-18,20H2,1-5H3/t22-,23-,26-/m0/s1. The van der Waals surface area contributed by atoms with E-state index in [1.54, 1.807) is 4.90 Å². The Morgan fingerprint density at radius 1 is 1.00 bits per heavy atom. The van der Waals surface area contributed by atoms with Crippen LogP contribution in [0.1, 0.15) is 47.0 Å². The van der Waals surface area contributed by atoms with Crippen LogP contribution in [-0.2, 0) is 18.8 Å². The van der Waals surface area contributed by atoms with E-state index in [1.807, 2.05) is 36.4 Å². The van der Waals surface area contributed by atoms with Gasteiger partial charge in [-0.15, -0.1) is 0 Å². The lowest BCUT2D eigenvalue weighted by Gasteiger charge is -2.47. The maximum atomic E-state index is 12.9. The molecule has 0 aromatic heterocycles. The monoisotopic (exact) mass is 495 g/mol. The van der Waals surface area contributed by atoms with Crippen molar-refractivity contribution in [1.82, 2.24) is 4.90 Å². The summed E-state index contributed by atoms with van der Waals surface area (Å²) in [5.41, 5.74) is 0. The molecule has 1 amide bonds. The first-order valence-electron chi connectivity index (χ1n) is 12.2. The molecule has 1 heterocycles. The minimum atomic E-state index is -2.80. The summed E-state index contributed by atoms with van der Waals surface area (Å²) in [4.78, 5) is 38.4. The second kappa shape index (κ2) is 11.3. The van der Waals surface area contributed by atoms with E-state index in [9.17, 15) is 14.4 Å². The lowest BCUT2D eigenvalue weighted by molar-refractivity contribution is -0.121. The summed E-state index contributed by atoms with van der Waals surface area (Å²) in [7, 11) is -1.47. The van der Waals surface area contributed by atoms with Gasteiger partial charge in [-0.1, -0.05) is 81.4 Å². The molecule has 0 aliphatic carbocycles. The summed E-state index contributed by atoms with van der Waals surface area (Å²) >= 11 is 0. The molecular formula is C28H37NO5Si. The van der Waals surface area contributed by atoms with Crippen molar-refractivity contribution < 1.29 is 23.5 Å². The molecular weight excluding hydrogens is 458 g/mol. The SMILES string of the molecule is COC(=O)N1[C@H](CO[Si](c2ccccc2)(c2ccccc2)C(C)(C)C)CC[C@@H](C=O)[C@@H]1CC(C)=O. The Labute approximate surface area is 209 Å². The predicted molar refractivity (Wildman–Crippen MR) is 139 cm³/mol. The Bertz CT molecular complexity index is 966. The summed E-state index contributed by atoms with van der Waals surface area (Å²) < 4.78 is 12.2. The van der Waals surface area contributed by atoms with Gasteiger partial charge in [0, 0.05) is 12.3 Å². The number of likely N-dealkylation sites (tertiary alicyclic amines) is 1. The molecule has 0 unspecified atom stereocenters. The topological polar surface area (TPSA) is 72.9 Å². The second-order valence-electron chi connectivity index (χ2n) is 10.4. The molecule has 0 saturated carbocycles. The van der Waals surface area contributed by atoms with E-state index in [0.717, 1.165) is 16.7 Å². The average molecular weight is 496 g/mol. The molecule has 1 saturated heterocycles. The van der Waals surface area contributed by atoms with Gasteiger partial charge in [0.1, 0.15) is 12.1 Å². The lowest BCUT2D eigenvalue weighted by atomic mass is 9.84. The van der Waals surface area contributed by atoms with Gasteiger partial charge in [0.15, 0.2) is 0 Å². The zero-order chi connectivity index (χ0) is 25.6. The highest BCUT2D eigenvalue weighted by Crippen LogP contribution is 2.38. The molecule has 188 valence electrons. The van der Waals surface area contributed by atoms with Gasteiger partial charge in [0.25, 0.3) is 8.32 Å². The highest BCUT2D eigenvalue weighted by molar-refractivity contribution is 6.99. The number of rotatable bonds is 8. The smallest absolute Gasteiger partial charge is 0.410 e. The van der Waals surface area contributed by atoms with Crippen LogP contribution in [0.25, 0.3) is 0 Å². The van der Waals surface area contributed by atoms with Crippen molar-refractivity contribution in [2.24, 2.45) is 5.92 Å². The quantitative estimate of drug-likeness (QED) is 0.410. The van der Waals surface area contributed by atoms with Crippen molar-refractivity contribution in [1.29, 1.82) is 0 Å². The fourth-order valence-corrected chi connectivity index (χ4v) is 10.0. The summed E-state index contributed by atoms with van der Waals surface area (Å²) in [6, 6.07) is 19.8. The number of ketones is 1. The highest BCUT2D eigenvalue weighted by atomic mass is 28.4. The van der Waals surface area contributed by atoms with Gasteiger partial charge in [-0.25, -0.2) is 4.79 Å². The minimum Gasteiger partial charge on any atom is -0.453 e. The molecule has 3 atom stereocenters. The molecule has 35 heavy (non-hydrogen) atoms. The van der Waals surface area contributed by atoms with E-state index in [2.05, 4.69) is 45.0 Å². The molecule has 0 N–H and O–H groups in total. The number of amides is 1. The second-order valence-corrected chi connectivity index (χ2v) is 14.7. The number of hydrogen-bond acceptors (Lipinski definition) is 5. The number of carbonyl (C=O) groups excluding carboxylic acids is 3. The predicted octanol–water partition coefficient (Wildman–Crippen LogP) is 3.96. The fourth-order valence-electron chi connectivity index (χ4n) is 5.43. The van der Waals surface area contributed by atoms with Crippen LogP contribution in [-0.4, -0.2) is 57.2 Å². The van der Waals surface area contributed by atoms with Crippen LogP contribution >= 0.6 is 0 Å². The van der Waals surface area contributed by atoms with E-state index in [0.29, 0.717) is 19.4 Å². The molecule has 2 aromatic rings. The maximum Gasteiger partial charge on any atom is 0.410 e. The van der Waals surface area contributed by atoms with Crippen LogP contribution < -0.4 is 10.4 Å². The summed E-state index contributed by atoms with van der Waals surface area (Å²) in [5.74, 6) is -0.466. The van der Waals surface area contributed by atoms with Crippen molar-refractivity contribution in [2.45, 2.75) is 64.1 Å². The summed E-state index contributed by atoms with van der Waals surface area (Å²) in [6.07, 6.45) is 1.66. The van der Waals surface area contributed by atoms with Gasteiger partial charge in [-0.3, -0.25) is 9.69 Å². The van der Waals surface area contributed by atoms with Gasteiger partial charge in [-0.05, 0) is 35.2 Å². The Morgan fingerprint density at radius 3 is 1.97 bits per heavy atom. The van der Waals surface area contributed by atoms with E-state index >= 15 is 0 Å². The zero-order valence-corrected chi connectivity index (χ0v) is 22.4. The average Bonchev–Trinajstić information content (AvgIpc) is 2.84. The normalized spacial score (nSPS) is 20.8. The molecule has 0 bridgehead atoms. The molecule has 6 nitrogen and oxygen atoms in total. The van der Waals surface area contributed by atoms with Crippen molar-refractivity contribution >= 4 is 36.9 Å². The Hall–Kier alpha value is -2.77. The van der Waals surface area contributed by atoms with Gasteiger partial charge in [-0.2, -0.15) is 0 Å². The number of Topliss-reactive ketones (excluding diaryl/α,β-unsaturated/α-hetero) is 1. The summed E-state index contributed by atoms with van der Waals surface area (Å²) in [6.45, 7) is 8.40. The third-order valence-corrected chi connectivity index (χ3v) is 12.0. The third-order valence-electron chi connectivity index (χ3n) is 7.04. The van der Waals surface area contributed by atoms with Crippen LogP contribution in [0, 0.1) is 5.92 Å². The first-order chi connectivity index (χ1) is 16.7. The lowest BCUT2D eigenvalue weighted by Crippen LogP contribution is -2.68. The van der Waals surface area contributed by atoms with Gasteiger partial charge >= 0.3 is 6.09 Å². The van der Waals surface area contributed by atoms with Crippen molar-refractivity contribution in [3.05, 3.63) is 60.7 Å². The number of hydrogen-bond donors (Lipinski definition) is 0. The molecule has 0 radical (unpaired) electrons. The number of carbonyl (C=O) groups is 3. The molecule has 1 aliphatic heterocycles. The number of benzene rings is 2. The largest absolute Gasteiger partial charge is 0.453 e. The molecule has 1 aliphatic rings. The number of methoxy groups -OCH3 is 1. The van der Waals surface area contributed by atoms with E-state index in [1.165, 1.54) is 14.0 Å². The van der Waals surface area contributed by atoms with Crippen LogP contribution in [0.15, 0.2) is 60.7 Å². The minimum absolute atomic E-state index is 0.0655. The molecule has 7 heteroatoms. The molecule has 0 spiro atoms. The fraction of sp³-hybridized carbons (Fsp3) is 0.464. The van der Waals surface area contributed by atoms with Crippen molar-refractivity contribution in [3.8, 4) is 0 Å². The Morgan fingerprint density at radius 2 is 1.54 bits per heavy atom. The molecule has 1 fully saturated rings. The highest BCUT2D eigenvalue weighted by Gasteiger charge is 2.51. The zero-order valence-electron chi connectivity index (χ0n) is 21.4. The van der Waals surface area contributed by atoms with Crippen LogP contribution in [0.4, 0.5) is 4.79 Å². The molecule has 3 rings (SSSR count).